The Hall–Kier alpha value is -2.43. The van der Waals surface area contributed by atoms with E-state index >= 15 is 0 Å². The Kier molecular flexibility index (Phi) is 3.79. The van der Waals surface area contributed by atoms with Crippen molar-refractivity contribution >= 4 is 10.8 Å². The van der Waals surface area contributed by atoms with Gasteiger partial charge in [0.2, 0.25) is 0 Å². The molecule has 22 heavy (non-hydrogen) atoms. The summed E-state index contributed by atoms with van der Waals surface area (Å²) in [6, 6.07) is 14.4. The van der Waals surface area contributed by atoms with Crippen LogP contribution in [0, 0.1) is 0 Å². The van der Waals surface area contributed by atoms with E-state index in [1.807, 2.05) is 18.2 Å². The van der Waals surface area contributed by atoms with Crippen LogP contribution in [0.1, 0.15) is 26.6 Å². The number of ether oxygens (including phenoxy) is 1. The van der Waals surface area contributed by atoms with Crippen LogP contribution in [0.25, 0.3) is 10.8 Å². The van der Waals surface area contributed by atoms with Gasteiger partial charge in [-0.15, -0.1) is 5.10 Å². The van der Waals surface area contributed by atoms with Gasteiger partial charge in [-0.25, -0.2) is 4.68 Å². The Morgan fingerprint density at radius 2 is 1.82 bits per heavy atom. The van der Waals surface area contributed by atoms with E-state index in [-0.39, 0.29) is 5.41 Å². The van der Waals surface area contributed by atoms with E-state index in [9.17, 15) is 0 Å². The van der Waals surface area contributed by atoms with E-state index in [0.29, 0.717) is 13.2 Å². The lowest BCUT2D eigenvalue weighted by Crippen LogP contribution is -2.22. The lowest BCUT2D eigenvalue weighted by Gasteiger charge is -2.17. The summed E-state index contributed by atoms with van der Waals surface area (Å²) in [6.07, 6.45) is 0. The Morgan fingerprint density at radius 3 is 2.59 bits per heavy atom. The third-order valence-electron chi connectivity index (χ3n) is 3.50. The summed E-state index contributed by atoms with van der Waals surface area (Å²) in [7, 11) is 0. The summed E-state index contributed by atoms with van der Waals surface area (Å²) in [5.41, 5.74) is -0.0769. The van der Waals surface area contributed by atoms with Crippen molar-refractivity contribution in [3.05, 3.63) is 48.3 Å². The first-order valence-corrected chi connectivity index (χ1v) is 7.42. The molecule has 0 N–H and O–H groups in total. The molecule has 5 nitrogen and oxygen atoms in total. The lowest BCUT2D eigenvalue weighted by atomic mass is 9.96. The van der Waals surface area contributed by atoms with Gasteiger partial charge in [-0.3, -0.25) is 0 Å². The number of aromatic nitrogens is 4. The fraction of sp³-hybridized carbons (Fsp3) is 0.353. The molecule has 3 aromatic rings. The van der Waals surface area contributed by atoms with Gasteiger partial charge in [-0.1, -0.05) is 51.1 Å². The molecule has 114 valence electrons. The largest absolute Gasteiger partial charge is 0.492 e. The van der Waals surface area contributed by atoms with E-state index in [2.05, 4.69) is 60.6 Å². The average molecular weight is 296 g/mol. The predicted octanol–water partition coefficient (Wildman–Crippen LogP) is 3.20. The van der Waals surface area contributed by atoms with Crippen molar-refractivity contribution < 1.29 is 4.74 Å². The Labute approximate surface area is 129 Å². The number of hydrogen-bond acceptors (Lipinski definition) is 4. The third-order valence-corrected chi connectivity index (χ3v) is 3.50. The summed E-state index contributed by atoms with van der Waals surface area (Å²) in [5.74, 6) is 1.73. The quantitative estimate of drug-likeness (QED) is 0.742. The van der Waals surface area contributed by atoms with Crippen molar-refractivity contribution in [2.45, 2.75) is 32.7 Å². The predicted molar refractivity (Wildman–Crippen MR) is 86.0 cm³/mol. The van der Waals surface area contributed by atoms with E-state index in [1.54, 1.807) is 4.68 Å². The SMILES string of the molecule is CC(C)(C)c1nnnn1CCOc1ccc2ccccc2c1. The van der Waals surface area contributed by atoms with Crippen LogP contribution in [0.3, 0.4) is 0 Å². The molecule has 0 aliphatic carbocycles. The summed E-state index contributed by atoms with van der Waals surface area (Å²) in [6.45, 7) is 7.46. The second-order valence-corrected chi connectivity index (χ2v) is 6.33. The fourth-order valence-electron chi connectivity index (χ4n) is 2.40. The number of benzene rings is 2. The number of tetrazole rings is 1. The Morgan fingerprint density at radius 1 is 1.05 bits per heavy atom. The van der Waals surface area contributed by atoms with Crippen LogP contribution in [0.2, 0.25) is 0 Å². The maximum absolute atomic E-state index is 5.84. The molecule has 0 saturated carbocycles. The monoisotopic (exact) mass is 296 g/mol. The van der Waals surface area contributed by atoms with Gasteiger partial charge in [0.05, 0.1) is 6.54 Å². The van der Waals surface area contributed by atoms with E-state index in [0.717, 1.165) is 11.6 Å². The maximum atomic E-state index is 5.84. The Bertz CT molecular complexity index is 773. The highest BCUT2D eigenvalue weighted by atomic mass is 16.5. The van der Waals surface area contributed by atoms with Crippen molar-refractivity contribution in [1.29, 1.82) is 0 Å². The molecule has 1 heterocycles. The molecule has 2 aromatic carbocycles. The van der Waals surface area contributed by atoms with Gasteiger partial charge < -0.3 is 4.74 Å². The molecule has 0 aliphatic heterocycles. The van der Waals surface area contributed by atoms with Crippen LogP contribution in [0.5, 0.6) is 5.75 Å². The zero-order valence-corrected chi connectivity index (χ0v) is 13.2. The first-order valence-electron chi connectivity index (χ1n) is 7.42. The molecule has 0 amide bonds. The highest BCUT2D eigenvalue weighted by Gasteiger charge is 2.21. The first kappa shape index (κ1) is 14.5. The number of hydrogen-bond donors (Lipinski definition) is 0. The van der Waals surface area contributed by atoms with Crippen LogP contribution in [0.4, 0.5) is 0 Å². The minimum absolute atomic E-state index is 0.0769. The van der Waals surface area contributed by atoms with Crippen LogP contribution in [-0.4, -0.2) is 26.8 Å². The summed E-state index contributed by atoms with van der Waals surface area (Å²) < 4.78 is 7.65. The minimum Gasteiger partial charge on any atom is -0.492 e. The first-order chi connectivity index (χ1) is 10.5. The zero-order chi connectivity index (χ0) is 15.6. The van der Waals surface area contributed by atoms with E-state index in [4.69, 9.17) is 4.74 Å². The molecule has 0 spiro atoms. The zero-order valence-electron chi connectivity index (χ0n) is 13.2. The Balaban J connectivity index is 1.66. The van der Waals surface area contributed by atoms with Crippen molar-refractivity contribution in [2.75, 3.05) is 6.61 Å². The van der Waals surface area contributed by atoms with Crippen LogP contribution in [-0.2, 0) is 12.0 Å². The minimum atomic E-state index is -0.0769. The highest BCUT2D eigenvalue weighted by Crippen LogP contribution is 2.21. The van der Waals surface area contributed by atoms with Gasteiger partial charge in [0.15, 0.2) is 5.82 Å². The molecule has 3 rings (SSSR count). The summed E-state index contributed by atoms with van der Waals surface area (Å²) >= 11 is 0. The summed E-state index contributed by atoms with van der Waals surface area (Å²) in [4.78, 5) is 0. The standard InChI is InChI=1S/C17H20N4O/c1-17(2,3)16-18-19-20-21(16)10-11-22-15-9-8-13-6-4-5-7-14(13)12-15/h4-9,12H,10-11H2,1-3H3. The topological polar surface area (TPSA) is 52.8 Å². The molecule has 0 radical (unpaired) electrons. The number of rotatable bonds is 4. The summed E-state index contributed by atoms with van der Waals surface area (Å²) in [5, 5.41) is 14.3. The molecule has 5 heteroatoms. The molecule has 0 aliphatic rings. The molecular weight excluding hydrogens is 276 g/mol. The molecule has 0 fully saturated rings. The molecule has 0 bridgehead atoms. The van der Waals surface area contributed by atoms with Gasteiger partial charge in [0.25, 0.3) is 0 Å². The molecule has 0 saturated heterocycles. The normalized spacial score (nSPS) is 11.8. The molecule has 0 unspecified atom stereocenters. The highest BCUT2D eigenvalue weighted by molar-refractivity contribution is 5.83. The van der Waals surface area contributed by atoms with Gasteiger partial charge in [-0.05, 0) is 33.3 Å². The third kappa shape index (κ3) is 3.08. The van der Waals surface area contributed by atoms with E-state index < -0.39 is 0 Å². The van der Waals surface area contributed by atoms with Crippen LogP contribution < -0.4 is 4.74 Å². The van der Waals surface area contributed by atoms with Gasteiger partial charge in [-0.2, -0.15) is 0 Å². The van der Waals surface area contributed by atoms with Crippen molar-refractivity contribution in [1.82, 2.24) is 20.2 Å². The second kappa shape index (κ2) is 5.75. The van der Waals surface area contributed by atoms with Gasteiger partial charge in [0, 0.05) is 5.41 Å². The molecular formula is C17H20N4O. The number of fused-ring (bicyclic) bond motifs is 1. The smallest absolute Gasteiger partial charge is 0.156 e. The maximum Gasteiger partial charge on any atom is 0.156 e. The van der Waals surface area contributed by atoms with Crippen molar-refractivity contribution in [3.63, 3.8) is 0 Å². The van der Waals surface area contributed by atoms with Crippen LogP contribution in [0.15, 0.2) is 42.5 Å². The molecule has 1 aromatic heterocycles. The molecule has 0 atom stereocenters. The second-order valence-electron chi connectivity index (χ2n) is 6.33. The fourth-order valence-corrected chi connectivity index (χ4v) is 2.40. The van der Waals surface area contributed by atoms with Crippen molar-refractivity contribution in [3.8, 4) is 5.75 Å². The van der Waals surface area contributed by atoms with Gasteiger partial charge in [0.1, 0.15) is 12.4 Å². The van der Waals surface area contributed by atoms with Crippen LogP contribution >= 0.6 is 0 Å². The van der Waals surface area contributed by atoms with Gasteiger partial charge >= 0.3 is 0 Å². The number of nitrogens with zero attached hydrogens (tertiary/aromatic N) is 4. The lowest BCUT2D eigenvalue weighted by molar-refractivity contribution is 0.283. The average Bonchev–Trinajstić information content (AvgIpc) is 2.96. The van der Waals surface area contributed by atoms with Crippen molar-refractivity contribution in [2.24, 2.45) is 0 Å². The van der Waals surface area contributed by atoms with E-state index in [1.165, 1.54) is 10.8 Å².